The molecule has 1 rings (SSSR count). The fraction of sp³-hybridized carbons (Fsp3) is 0.700. The number of carbonyl (C=O) groups is 1. The third kappa shape index (κ3) is 1.68. The van der Waals surface area contributed by atoms with Gasteiger partial charge >= 0.3 is 0 Å². The summed E-state index contributed by atoms with van der Waals surface area (Å²) >= 11 is 0. The van der Waals surface area contributed by atoms with E-state index in [0.29, 0.717) is 12.0 Å². The van der Waals surface area contributed by atoms with Crippen molar-refractivity contribution >= 4 is 5.91 Å². The highest BCUT2D eigenvalue weighted by molar-refractivity contribution is 5.85. The lowest BCUT2D eigenvalue weighted by atomic mass is 9.80. The number of carbonyl (C=O) groups excluding carboxylic acids is 1. The smallest absolute Gasteiger partial charge is 0.225 e. The number of rotatable bonds is 4. The molecule has 1 N–H and O–H groups in total. The van der Waals surface area contributed by atoms with Crippen LogP contribution in [0.1, 0.15) is 26.7 Å². The molecule has 2 nitrogen and oxygen atoms in total. The van der Waals surface area contributed by atoms with E-state index in [9.17, 15) is 4.79 Å². The van der Waals surface area contributed by atoms with Crippen LogP contribution in [0.25, 0.3) is 0 Å². The Labute approximate surface area is 74.0 Å². The minimum Gasteiger partial charge on any atom is -0.352 e. The molecule has 1 saturated heterocycles. The molecular weight excluding hydrogens is 150 g/mol. The van der Waals surface area contributed by atoms with E-state index in [1.807, 2.05) is 6.08 Å². The number of β-lactam (4-membered cyclic amide) rings is 1. The Morgan fingerprint density at radius 1 is 1.67 bits per heavy atom. The van der Waals surface area contributed by atoms with E-state index >= 15 is 0 Å². The maximum atomic E-state index is 11.1. The Balaban J connectivity index is 2.38. The lowest BCUT2D eigenvalue weighted by Crippen LogP contribution is -2.60. The molecule has 0 aromatic rings. The molecule has 1 heterocycles. The molecule has 1 aliphatic heterocycles. The Morgan fingerprint density at radius 2 is 2.33 bits per heavy atom. The van der Waals surface area contributed by atoms with Crippen molar-refractivity contribution in [3.63, 3.8) is 0 Å². The van der Waals surface area contributed by atoms with Gasteiger partial charge < -0.3 is 5.32 Å². The third-order valence-corrected chi connectivity index (χ3v) is 2.48. The molecule has 0 saturated carbocycles. The van der Waals surface area contributed by atoms with Crippen molar-refractivity contribution in [2.24, 2.45) is 11.8 Å². The molecular formula is C10H17NO. The summed E-state index contributed by atoms with van der Waals surface area (Å²) in [7, 11) is 0. The molecule has 0 bridgehead atoms. The van der Waals surface area contributed by atoms with Crippen LogP contribution in [0.5, 0.6) is 0 Å². The zero-order valence-corrected chi connectivity index (χ0v) is 7.84. The second-order valence-electron chi connectivity index (χ2n) is 3.75. The maximum absolute atomic E-state index is 11.1. The van der Waals surface area contributed by atoms with Gasteiger partial charge in [0.2, 0.25) is 5.91 Å². The lowest BCUT2D eigenvalue weighted by Gasteiger charge is -2.39. The highest BCUT2D eigenvalue weighted by Gasteiger charge is 2.39. The summed E-state index contributed by atoms with van der Waals surface area (Å²) in [6.45, 7) is 7.94. The van der Waals surface area contributed by atoms with Gasteiger partial charge in [0.1, 0.15) is 0 Å². The average molecular weight is 167 g/mol. The summed E-state index contributed by atoms with van der Waals surface area (Å²) < 4.78 is 0. The van der Waals surface area contributed by atoms with Gasteiger partial charge in [-0.05, 0) is 18.8 Å². The maximum Gasteiger partial charge on any atom is 0.225 e. The quantitative estimate of drug-likeness (QED) is 0.501. The summed E-state index contributed by atoms with van der Waals surface area (Å²) in [5.41, 5.74) is 0. The fourth-order valence-electron chi connectivity index (χ4n) is 1.68. The topological polar surface area (TPSA) is 29.1 Å². The van der Waals surface area contributed by atoms with Gasteiger partial charge in [0.25, 0.3) is 0 Å². The van der Waals surface area contributed by atoms with Crippen molar-refractivity contribution in [3.05, 3.63) is 12.7 Å². The van der Waals surface area contributed by atoms with Crippen molar-refractivity contribution in [3.8, 4) is 0 Å². The van der Waals surface area contributed by atoms with Gasteiger partial charge in [-0.15, -0.1) is 6.58 Å². The van der Waals surface area contributed by atoms with Gasteiger partial charge in [-0.2, -0.15) is 0 Å². The number of allylic oxidation sites excluding steroid dienone is 1. The number of hydrogen-bond acceptors (Lipinski definition) is 1. The summed E-state index contributed by atoms with van der Waals surface area (Å²) in [6.07, 6.45) is 3.78. The monoisotopic (exact) mass is 167 g/mol. The molecule has 2 atom stereocenters. The van der Waals surface area contributed by atoms with Gasteiger partial charge in [0.05, 0.1) is 5.92 Å². The Kier molecular flexibility index (Phi) is 2.90. The van der Waals surface area contributed by atoms with Crippen LogP contribution in [-0.4, -0.2) is 11.9 Å². The van der Waals surface area contributed by atoms with Crippen LogP contribution >= 0.6 is 0 Å². The molecule has 12 heavy (non-hydrogen) atoms. The molecule has 0 radical (unpaired) electrons. The first-order valence-electron chi connectivity index (χ1n) is 4.58. The van der Waals surface area contributed by atoms with Crippen LogP contribution < -0.4 is 5.32 Å². The van der Waals surface area contributed by atoms with Gasteiger partial charge in [-0.3, -0.25) is 4.79 Å². The van der Waals surface area contributed by atoms with E-state index in [0.717, 1.165) is 12.8 Å². The average Bonchev–Trinajstić information content (AvgIpc) is 2.00. The van der Waals surface area contributed by atoms with E-state index in [-0.39, 0.29) is 11.8 Å². The highest BCUT2D eigenvalue weighted by Crippen LogP contribution is 2.26. The fourth-order valence-corrected chi connectivity index (χ4v) is 1.68. The predicted molar refractivity (Wildman–Crippen MR) is 49.7 cm³/mol. The van der Waals surface area contributed by atoms with Gasteiger partial charge in [0, 0.05) is 6.04 Å². The van der Waals surface area contributed by atoms with E-state index in [2.05, 4.69) is 25.7 Å². The number of nitrogens with one attached hydrogen (secondary N) is 1. The van der Waals surface area contributed by atoms with Crippen LogP contribution in [0.15, 0.2) is 12.7 Å². The molecule has 2 unspecified atom stereocenters. The van der Waals surface area contributed by atoms with Crippen LogP contribution in [0.3, 0.4) is 0 Å². The zero-order chi connectivity index (χ0) is 9.14. The molecule has 1 amide bonds. The SMILES string of the molecule is C=CCCC1C(=O)NC1C(C)C. The standard InChI is InChI=1S/C10H17NO/c1-4-5-6-8-9(7(2)3)11-10(8)12/h4,7-9H,1,5-6H2,2-3H3,(H,11,12). The molecule has 0 spiro atoms. The molecule has 1 fully saturated rings. The number of amides is 1. The first-order chi connectivity index (χ1) is 5.66. The Bertz CT molecular complexity index is 186. The van der Waals surface area contributed by atoms with Gasteiger partial charge in [-0.25, -0.2) is 0 Å². The van der Waals surface area contributed by atoms with Crippen LogP contribution in [-0.2, 0) is 4.79 Å². The summed E-state index contributed by atoms with van der Waals surface area (Å²) in [5, 5.41) is 2.93. The molecule has 2 heteroatoms. The van der Waals surface area contributed by atoms with Crippen molar-refractivity contribution in [1.82, 2.24) is 5.32 Å². The zero-order valence-electron chi connectivity index (χ0n) is 7.84. The molecule has 0 aromatic heterocycles. The van der Waals surface area contributed by atoms with Gasteiger partial charge in [0.15, 0.2) is 0 Å². The Morgan fingerprint density at radius 3 is 2.75 bits per heavy atom. The molecule has 0 aliphatic carbocycles. The minimum absolute atomic E-state index is 0.218. The second-order valence-corrected chi connectivity index (χ2v) is 3.75. The summed E-state index contributed by atoms with van der Waals surface area (Å²) in [6, 6.07) is 0.400. The van der Waals surface area contributed by atoms with Crippen molar-refractivity contribution in [2.45, 2.75) is 32.7 Å². The first-order valence-corrected chi connectivity index (χ1v) is 4.58. The van der Waals surface area contributed by atoms with E-state index < -0.39 is 0 Å². The Hall–Kier alpha value is -0.790. The van der Waals surface area contributed by atoms with Crippen molar-refractivity contribution < 1.29 is 4.79 Å². The molecule has 68 valence electrons. The minimum atomic E-state index is 0.218. The van der Waals surface area contributed by atoms with Gasteiger partial charge in [-0.1, -0.05) is 19.9 Å². The van der Waals surface area contributed by atoms with Crippen molar-refractivity contribution in [1.29, 1.82) is 0 Å². The van der Waals surface area contributed by atoms with E-state index in [1.165, 1.54) is 0 Å². The summed E-state index contributed by atoms with van der Waals surface area (Å²) in [5.74, 6) is 1.01. The third-order valence-electron chi connectivity index (χ3n) is 2.48. The van der Waals surface area contributed by atoms with Crippen LogP contribution in [0.4, 0.5) is 0 Å². The molecule has 1 aliphatic rings. The van der Waals surface area contributed by atoms with E-state index in [1.54, 1.807) is 0 Å². The van der Waals surface area contributed by atoms with Crippen molar-refractivity contribution in [2.75, 3.05) is 0 Å². The van der Waals surface area contributed by atoms with E-state index in [4.69, 9.17) is 0 Å². The highest BCUT2D eigenvalue weighted by atomic mass is 16.2. The predicted octanol–water partition coefficient (Wildman–Crippen LogP) is 1.72. The molecule has 0 aromatic carbocycles. The normalized spacial score (nSPS) is 28.1. The largest absolute Gasteiger partial charge is 0.352 e. The second kappa shape index (κ2) is 3.74. The summed E-state index contributed by atoms with van der Waals surface area (Å²) in [4.78, 5) is 11.1. The number of hydrogen-bond donors (Lipinski definition) is 1. The van der Waals surface area contributed by atoms with Crippen LogP contribution in [0, 0.1) is 11.8 Å². The first kappa shape index (κ1) is 9.30. The lowest BCUT2D eigenvalue weighted by molar-refractivity contribution is -0.136. The van der Waals surface area contributed by atoms with Crippen LogP contribution in [0.2, 0.25) is 0 Å².